The van der Waals surface area contributed by atoms with Gasteiger partial charge in [-0.15, -0.1) is 0 Å². The molecule has 4 nitrogen and oxygen atoms in total. The Kier molecular flexibility index (Phi) is 7.61. The fourth-order valence-electron chi connectivity index (χ4n) is 4.39. The molecule has 0 spiro atoms. The first-order valence-electron chi connectivity index (χ1n) is 9.54. The minimum atomic E-state index is -2.64. The van der Waals surface area contributed by atoms with Gasteiger partial charge in [0.25, 0.3) is 8.32 Å². The molecule has 5 heteroatoms. The molecule has 1 N–H and O–H groups in total. The van der Waals surface area contributed by atoms with Gasteiger partial charge in [0.1, 0.15) is 0 Å². The Labute approximate surface area is 164 Å². The summed E-state index contributed by atoms with van der Waals surface area (Å²) in [5, 5.41) is 9.00. The van der Waals surface area contributed by atoms with Crippen LogP contribution in [-0.4, -0.2) is 25.4 Å². The zero-order chi connectivity index (χ0) is 21.0. The van der Waals surface area contributed by atoms with Gasteiger partial charge in [0.15, 0.2) is 0 Å². The second-order valence-corrected chi connectivity index (χ2v) is 14.0. The van der Waals surface area contributed by atoms with Crippen LogP contribution in [0.25, 0.3) is 0 Å². The normalized spacial score (nSPS) is 13.6. The van der Waals surface area contributed by atoms with Gasteiger partial charge in [-0.25, -0.2) is 9.59 Å². The van der Waals surface area contributed by atoms with E-state index in [1.807, 2.05) is 18.2 Å². The predicted molar refractivity (Wildman–Crippen MR) is 112 cm³/mol. The summed E-state index contributed by atoms with van der Waals surface area (Å²) >= 11 is 0. The van der Waals surface area contributed by atoms with Crippen molar-refractivity contribution in [3.05, 3.63) is 47.0 Å². The summed E-state index contributed by atoms with van der Waals surface area (Å²) < 4.78 is 6.31. The van der Waals surface area contributed by atoms with Crippen molar-refractivity contribution in [2.24, 2.45) is 0 Å². The van der Waals surface area contributed by atoms with E-state index in [0.717, 1.165) is 6.42 Å². The lowest BCUT2D eigenvalue weighted by atomic mass is 10.0. The summed E-state index contributed by atoms with van der Waals surface area (Å²) in [6, 6.07) is 10.2. The molecular formula is C22H34O4Si. The van der Waals surface area contributed by atoms with Gasteiger partial charge in [-0.1, -0.05) is 71.9 Å². The van der Waals surface area contributed by atoms with Crippen molar-refractivity contribution in [1.29, 1.82) is 0 Å². The number of carbonyl (C=O) groups is 2. The third kappa shape index (κ3) is 4.89. The van der Waals surface area contributed by atoms with Gasteiger partial charge in [-0.2, -0.15) is 0 Å². The average molecular weight is 391 g/mol. The van der Waals surface area contributed by atoms with Gasteiger partial charge in [0.2, 0.25) is 0 Å². The minimum absolute atomic E-state index is 0.0382. The first-order valence-corrected chi connectivity index (χ1v) is 11.6. The van der Waals surface area contributed by atoms with Crippen molar-refractivity contribution < 1.29 is 19.1 Å². The van der Waals surface area contributed by atoms with Crippen molar-refractivity contribution in [3.63, 3.8) is 0 Å². The number of hydrogen-bond donors (Lipinski definition) is 1. The molecule has 0 fully saturated rings. The summed E-state index contributed by atoms with van der Waals surface area (Å²) in [5.74, 6) is -1.58. The van der Waals surface area contributed by atoms with Crippen molar-refractivity contribution >= 4 is 20.3 Å². The first kappa shape index (κ1) is 23.2. The van der Waals surface area contributed by atoms with E-state index < -0.39 is 20.3 Å². The first-order chi connectivity index (χ1) is 12.4. The monoisotopic (exact) mass is 390 g/mol. The number of carboxylic acid groups (broad SMARTS) is 1. The van der Waals surface area contributed by atoms with E-state index in [1.165, 1.54) is 19.4 Å². The average Bonchev–Trinajstić information content (AvgIpc) is 2.57. The lowest BCUT2D eigenvalue weighted by Gasteiger charge is -2.49. The molecule has 0 atom stereocenters. The standard InChI is InChI=1S/C22H34O4Si/c1-15(2)27(16(3)4,26-21(25)18(6)17(5)20(23)24)22(7,8)14-19-12-10-9-11-13-19/h9-13,15-16H,14H2,1-8H3,(H,23,24)/b18-17-. The van der Waals surface area contributed by atoms with Crippen LogP contribution in [0.15, 0.2) is 41.5 Å². The van der Waals surface area contributed by atoms with Gasteiger partial charge >= 0.3 is 11.9 Å². The molecule has 1 aromatic carbocycles. The molecule has 0 aliphatic rings. The molecule has 1 aromatic rings. The second-order valence-electron chi connectivity index (χ2n) is 8.59. The quantitative estimate of drug-likeness (QED) is 0.454. The predicted octanol–water partition coefficient (Wildman–Crippen LogP) is 5.74. The van der Waals surface area contributed by atoms with Gasteiger partial charge in [0, 0.05) is 11.1 Å². The molecule has 1 rings (SSSR count). The van der Waals surface area contributed by atoms with Crippen molar-refractivity contribution in [2.45, 2.75) is 77.9 Å². The number of hydrogen-bond acceptors (Lipinski definition) is 3. The Morgan fingerprint density at radius 2 is 1.48 bits per heavy atom. The maximum Gasteiger partial charge on any atom is 0.331 e. The highest BCUT2D eigenvalue weighted by Crippen LogP contribution is 2.53. The van der Waals surface area contributed by atoms with Gasteiger partial charge in [-0.3, -0.25) is 0 Å². The van der Waals surface area contributed by atoms with Crippen molar-refractivity contribution in [2.75, 3.05) is 0 Å². The molecule has 0 amide bonds. The third-order valence-corrected chi connectivity index (χ3v) is 12.0. The Morgan fingerprint density at radius 3 is 1.89 bits per heavy atom. The molecular weight excluding hydrogens is 356 g/mol. The lowest BCUT2D eigenvalue weighted by molar-refractivity contribution is -0.135. The summed E-state index contributed by atoms with van der Waals surface area (Å²) in [5.41, 5.74) is 1.81. The number of rotatable bonds is 8. The van der Waals surface area contributed by atoms with Crippen LogP contribution in [-0.2, 0) is 20.4 Å². The summed E-state index contributed by atoms with van der Waals surface area (Å²) in [6.07, 6.45) is 0.810. The molecule has 27 heavy (non-hydrogen) atoms. The molecule has 0 unspecified atom stereocenters. The Morgan fingerprint density at radius 1 is 1.00 bits per heavy atom. The van der Waals surface area contributed by atoms with E-state index in [0.29, 0.717) is 0 Å². The van der Waals surface area contributed by atoms with E-state index in [9.17, 15) is 14.7 Å². The number of aliphatic carboxylic acids is 1. The Balaban J connectivity index is 3.39. The van der Waals surface area contributed by atoms with Gasteiger partial charge < -0.3 is 9.53 Å². The maximum atomic E-state index is 12.9. The second kappa shape index (κ2) is 8.87. The van der Waals surface area contributed by atoms with E-state index in [4.69, 9.17) is 4.43 Å². The molecule has 0 aromatic heterocycles. The van der Waals surface area contributed by atoms with Crippen LogP contribution < -0.4 is 0 Å². The lowest BCUT2D eigenvalue weighted by Crippen LogP contribution is -2.55. The summed E-state index contributed by atoms with van der Waals surface area (Å²) in [6.45, 7) is 15.8. The van der Waals surface area contributed by atoms with E-state index in [2.05, 4.69) is 53.7 Å². The number of benzene rings is 1. The molecule has 0 radical (unpaired) electrons. The van der Waals surface area contributed by atoms with E-state index >= 15 is 0 Å². The summed E-state index contributed by atoms with van der Waals surface area (Å²) in [7, 11) is -2.64. The van der Waals surface area contributed by atoms with E-state index in [1.54, 1.807) is 0 Å². The third-order valence-electron chi connectivity index (χ3n) is 5.71. The fraction of sp³-hybridized carbons (Fsp3) is 0.545. The fourth-order valence-corrected chi connectivity index (χ4v) is 10.5. The SMILES string of the molecule is C/C(C(=O)O)=C(\C)C(=O)O[Si](C(C)C)(C(C)C)C(C)(C)Cc1ccccc1. The van der Waals surface area contributed by atoms with Crippen LogP contribution in [0.5, 0.6) is 0 Å². The van der Waals surface area contributed by atoms with Crippen molar-refractivity contribution in [3.8, 4) is 0 Å². The molecule has 0 bridgehead atoms. The topological polar surface area (TPSA) is 63.6 Å². The molecule has 0 heterocycles. The highest BCUT2D eigenvalue weighted by Gasteiger charge is 2.56. The van der Waals surface area contributed by atoms with E-state index in [-0.39, 0.29) is 27.3 Å². The zero-order valence-corrected chi connectivity index (χ0v) is 18.9. The smallest absolute Gasteiger partial charge is 0.331 e. The molecule has 0 aliphatic heterocycles. The van der Waals surface area contributed by atoms with Crippen LogP contribution in [0, 0.1) is 0 Å². The van der Waals surface area contributed by atoms with Crippen molar-refractivity contribution in [1.82, 2.24) is 0 Å². The number of carbonyl (C=O) groups excluding carboxylic acids is 1. The molecule has 0 saturated heterocycles. The minimum Gasteiger partial charge on any atom is -0.515 e. The summed E-state index contributed by atoms with van der Waals surface area (Å²) in [4.78, 5) is 24.2. The van der Waals surface area contributed by atoms with Crippen LogP contribution in [0.4, 0.5) is 0 Å². The molecule has 150 valence electrons. The van der Waals surface area contributed by atoms with Crippen LogP contribution >= 0.6 is 0 Å². The maximum absolute atomic E-state index is 12.9. The molecule has 0 aliphatic carbocycles. The number of carboxylic acids is 1. The zero-order valence-electron chi connectivity index (χ0n) is 17.9. The highest BCUT2D eigenvalue weighted by atomic mass is 28.4. The molecule has 0 saturated carbocycles. The van der Waals surface area contributed by atoms with Gasteiger partial charge in [-0.05, 0) is 42.0 Å². The van der Waals surface area contributed by atoms with Crippen LogP contribution in [0.3, 0.4) is 0 Å². The van der Waals surface area contributed by atoms with Crippen LogP contribution in [0.1, 0.15) is 61.0 Å². The largest absolute Gasteiger partial charge is 0.515 e. The Hall–Kier alpha value is -1.88. The van der Waals surface area contributed by atoms with Crippen LogP contribution in [0.2, 0.25) is 16.1 Å². The Bertz CT molecular complexity index is 694. The highest BCUT2D eigenvalue weighted by molar-refractivity contribution is 6.80. The van der Waals surface area contributed by atoms with Gasteiger partial charge in [0.05, 0.1) is 0 Å².